The second-order valence-electron chi connectivity index (χ2n) is 6.31. The second kappa shape index (κ2) is 7.83. The molecule has 3 rings (SSSR count). The number of aryl methyl sites for hydroxylation is 1. The molecular formula is C22H22N2O2. The lowest BCUT2D eigenvalue weighted by Crippen LogP contribution is -2.34. The lowest BCUT2D eigenvalue weighted by Gasteiger charge is -2.23. The van der Waals surface area contributed by atoms with Crippen LogP contribution in [0.3, 0.4) is 0 Å². The normalized spacial score (nSPS) is 10.7. The van der Waals surface area contributed by atoms with Crippen molar-refractivity contribution in [3.63, 3.8) is 0 Å². The zero-order valence-corrected chi connectivity index (χ0v) is 14.9. The fourth-order valence-corrected chi connectivity index (χ4v) is 3.05. The summed E-state index contributed by atoms with van der Waals surface area (Å²) in [7, 11) is 0. The van der Waals surface area contributed by atoms with E-state index in [0.29, 0.717) is 18.5 Å². The van der Waals surface area contributed by atoms with Gasteiger partial charge in [0.25, 0.3) is 0 Å². The van der Waals surface area contributed by atoms with Gasteiger partial charge in [-0.05, 0) is 30.2 Å². The third kappa shape index (κ3) is 3.75. The molecule has 26 heavy (non-hydrogen) atoms. The fourth-order valence-electron chi connectivity index (χ4n) is 3.05. The van der Waals surface area contributed by atoms with Crippen LogP contribution < -0.4 is 5.43 Å². The van der Waals surface area contributed by atoms with Crippen LogP contribution >= 0.6 is 0 Å². The molecule has 0 saturated carbocycles. The van der Waals surface area contributed by atoms with Gasteiger partial charge < -0.3 is 9.47 Å². The van der Waals surface area contributed by atoms with Crippen molar-refractivity contribution < 1.29 is 4.79 Å². The maximum absolute atomic E-state index is 12.9. The molecule has 0 spiro atoms. The van der Waals surface area contributed by atoms with Crippen LogP contribution in [0.1, 0.15) is 11.1 Å². The van der Waals surface area contributed by atoms with Gasteiger partial charge in [-0.3, -0.25) is 9.59 Å². The maximum atomic E-state index is 12.9. The van der Waals surface area contributed by atoms with Gasteiger partial charge in [-0.1, -0.05) is 42.5 Å². The summed E-state index contributed by atoms with van der Waals surface area (Å²) in [6.07, 6.45) is 3.42. The predicted octanol–water partition coefficient (Wildman–Crippen LogP) is 3.52. The zero-order valence-electron chi connectivity index (χ0n) is 14.9. The Kier molecular flexibility index (Phi) is 5.32. The quantitative estimate of drug-likeness (QED) is 0.641. The van der Waals surface area contributed by atoms with Crippen LogP contribution in [-0.4, -0.2) is 21.9 Å². The number of carbonyl (C=O) groups excluding carboxylic acids is 1. The van der Waals surface area contributed by atoms with Gasteiger partial charge in [0.1, 0.15) is 6.54 Å². The van der Waals surface area contributed by atoms with Gasteiger partial charge in [0.2, 0.25) is 5.91 Å². The van der Waals surface area contributed by atoms with Crippen molar-refractivity contribution in [3.05, 3.63) is 94.8 Å². The highest BCUT2D eigenvalue weighted by molar-refractivity contribution is 5.82. The number of pyridine rings is 1. The predicted molar refractivity (Wildman–Crippen MR) is 105 cm³/mol. The highest BCUT2D eigenvalue weighted by atomic mass is 16.2. The van der Waals surface area contributed by atoms with E-state index in [4.69, 9.17) is 0 Å². The molecule has 0 atom stereocenters. The number of fused-ring (bicyclic) bond motifs is 1. The number of para-hydroxylation sites is 1. The Morgan fingerprint density at radius 1 is 1.12 bits per heavy atom. The number of benzene rings is 2. The van der Waals surface area contributed by atoms with Crippen molar-refractivity contribution >= 4 is 16.8 Å². The van der Waals surface area contributed by atoms with Gasteiger partial charge in [-0.2, -0.15) is 0 Å². The van der Waals surface area contributed by atoms with Gasteiger partial charge in [-0.15, -0.1) is 6.58 Å². The molecule has 0 bridgehead atoms. The van der Waals surface area contributed by atoms with Crippen LogP contribution in [0.2, 0.25) is 0 Å². The van der Waals surface area contributed by atoms with Gasteiger partial charge in [0.15, 0.2) is 5.43 Å². The summed E-state index contributed by atoms with van der Waals surface area (Å²) in [5, 5.41) is 0.622. The van der Waals surface area contributed by atoms with Crippen molar-refractivity contribution in [1.82, 2.24) is 9.47 Å². The minimum Gasteiger partial charge on any atom is -0.338 e. The van der Waals surface area contributed by atoms with Crippen molar-refractivity contribution in [2.24, 2.45) is 0 Å². The minimum atomic E-state index is -0.0350. The molecule has 0 fully saturated rings. The summed E-state index contributed by atoms with van der Waals surface area (Å²) in [5.74, 6) is -0.0121. The van der Waals surface area contributed by atoms with Crippen LogP contribution in [0, 0.1) is 6.92 Å². The first-order chi connectivity index (χ1) is 12.6. The summed E-state index contributed by atoms with van der Waals surface area (Å²) in [4.78, 5) is 26.7. The highest BCUT2D eigenvalue weighted by Gasteiger charge is 2.15. The average Bonchev–Trinajstić information content (AvgIpc) is 2.65. The van der Waals surface area contributed by atoms with E-state index in [9.17, 15) is 9.59 Å². The zero-order chi connectivity index (χ0) is 18.5. The van der Waals surface area contributed by atoms with Crippen molar-refractivity contribution in [2.75, 3.05) is 6.54 Å². The second-order valence-corrected chi connectivity index (χ2v) is 6.31. The first-order valence-electron chi connectivity index (χ1n) is 8.61. The lowest BCUT2D eigenvalue weighted by molar-refractivity contribution is -0.131. The molecule has 0 unspecified atom stereocenters. The van der Waals surface area contributed by atoms with Crippen LogP contribution in [0.4, 0.5) is 0 Å². The third-order valence-corrected chi connectivity index (χ3v) is 4.52. The standard InChI is InChI=1S/C22H22N2O2/c1-3-13-24(15-18-9-5-4-8-17(18)2)22(26)16-23-14-12-21(25)19-10-6-7-11-20(19)23/h3-12,14H,1,13,15-16H2,2H3. The first kappa shape index (κ1) is 17.7. The number of hydrogen-bond donors (Lipinski definition) is 0. The Balaban J connectivity index is 1.87. The number of aromatic nitrogens is 1. The molecule has 1 amide bonds. The van der Waals surface area contributed by atoms with Crippen molar-refractivity contribution in [2.45, 2.75) is 20.0 Å². The molecule has 0 aliphatic rings. The van der Waals surface area contributed by atoms with E-state index in [1.54, 1.807) is 23.2 Å². The molecule has 3 aromatic rings. The number of amides is 1. The molecule has 0 aliphatic carbocycles. The van der Waals surface area contributed by atoms with E-state index in [-0.39, 0.29) is 17.9 Å². The van der Waals surface area contributed by atoms with E-state index < -0.39 is 0 Å². The molecule has 4 heteroatoms. The Hall–Kier alpha value is -3.14. The first-order valence-corrected chi connectivity index (χ1v) is 8.61. The Bertz CT molecular complexity index is 1000. The third-order valence-electron chi connectivity index (χ3n) is 4.52. The lowest BCUT2D eigenvalue weighted by atomic mass is 10.1. The molecule has 1 aromatic heterocycles. The van der Waals surface area contributed by atoms with Gasteiger partial charge in [0.05, 0.1) is 5.52 Å². The number of carbonyl (C=O) groups is 1. The molecule has 132 valence electrons. The number of hydrogen-bond acceptors (Lipinski definition) is 2. The van der Waals surface area contributed by atoms with E-state index in [1.807, 2.05) is 54.0 Å². The van der Waals surface area contributed by atoms with E-state index in [1.165, 1.54) is 6.07 Å². The average molecular weight is 346 g/mol. The summed E-state index contributed by atoms with van der Waals surface area (Å²) < 4.78 is 1.83. The smallest absolute Gasteiger partial charge is 0.243 e. The Labute approximate surface area is 153 Å². The molecule has 0 aliphatic heterocycles. The minimum absolute atomic E-state index is 0.0121. The molecule has 0 saturated heterocycles. The largest absolute Gasteiger partial charge is 0.338 e. The SMILES string of the molecule is C=CCN(Cc1ccccc1C)C(=O)Cn1ccc(=O)c2ccccc21. The van der Waals surface area contributed by atoms with E-state index >= 15 is 0 Å². The van der Waals surface area contributed by atoms with E-state index in [2.05, 4.69) is 6.58 Å². The molecular weight excluding hydrogens is 324 g/mol. The van der Waals surface area contributed by atoms with Crippen molar-refractivity contribution in [1.29, 1.82) is 0 Å². The fraction of sp³-hybridized carbons (Fsp3) is 0.182. The van der Waals surface area contributed by atoms with Crippen LogP contribution in [0.25, 0.3) is 10.9 Å². The monoisotopic (exact) mass is 346 g/mol. The molecule has 0 radical (unpaired) electrons. The van der Waals surface area contributed by atoms with Crippen molar-refractivity contribution in [3.8, 4) is 0 Å². The summed E-state index contributed by atoms with van der Waals surface area (Å²) in [6.45, 7) is 7.01. The number of nitrogens with zero attached hydrogens (tertiary/aromatic N) is 2. The Morgan fingerprint density at radius 2 is 1.85 bits per heavy atom. The summed E-state index contributed by atoms with van der Waals surface area (Å²) in [6, 6.07) is 16.9. The van der Waals surface area contributed by atoms with Gasteiger partial charge in [0, 0.05) is 30.7 Å². The van der Waals surface area contributed by atoms with E-state index in [0.717, 1.165) is 16.6 Å². The molecule has 4 nitrogen and oxygen atoms in total. The highest BCUT2D eigenvalue weighted by Crippen LogP contribution is 2.13. The Morgan fingerprint density at radius 3 is 2.62 bits per heavy atom. The number of rotatable bonds is 6. The molecule has 2 aromatic carbocycles. The molecule has 1 heterocycles. The summed E-state index contributed by atoms with van der Waals surface area (Å²) in [5.41, 5.74) is 3.01. The summed E-state index contributed by atoms with van der Waals surface area (Å²) >= 11 is 0. The molecule has 0 N–H and O–H groups in total. The topological polar surface area (TPSA) is 42.3 Å². The van der Waals surface area contributed by atoms with Crippen LogP contribution in [0.15, 0.2) is 78.2 Å². The van der Waals surface area contributed by atoms with Gasteiger partial charge >= 0.3 is 0 Å². The maximum Gasteiger partial charge on any atom is 0.243 e. The van der Waals surface area contributed by atoms with Crippen LogP contribution in [-0.2, 0) is 17.9 Å². The van der Waals surface area contributed by atoms with Gasteiger partial charge in [-0.25, -0.2) is 0 Å². The van der Waals surface area contributed by atoms with Crippen LogP contribution in [0.5, 0.6) is 0 Å².